The van der Waals surface area contributed by atoms with Crippen LogP contribution in [0, 0.1) is 13.8 Å². The summed E-state index contributed by atoms with van der Waals surface area (Å²) < 4.78 is 0. The Balaban J connectivity index is 2.56. The standard InChI is InChI=1S/C8H11N3O/c1-4-6-3-7(12)9-8(6)5(2)11-10-4/h7,9,12H,3H2,1-2H3. The first-order chi connectivity index (χ1) is 5.68. The van der Waals surface area contributed by atoms with E-state index in [4.69, 9.17) is 0 Å². The van der Waals surface area contributed by atoms with Gasteiger partial charge in [0.25, 0.3) is 0 Å². The molecule has 1 unspecified atom stereocenters. The van der Waals surface area contributed by atoms with Crippen LogP contribution >= 0.6 is 0 Å². The van der Waals surface area contributed by atoms with E-state index in [0.717, 1.165) is 22.6 Å². The number of aromatic nitrogens is 2. The predicted molar refractivity (Wildman–Crippen MR) is 44.8 cm³/mol. The van der Waals surface area contributed by atoms with Gasteiger partial charge in [0.2, 0.25) is 0 Å². The third kappa shape index (κ3) is 0.956. The van der Waals surface area contributed by atoms with E-state index in [-0.39, 0.29) is 0 Å². The molecule has 0 radical (unpaired) electrons. The highest BCUT2D eigenvalue weighted by Gasteiger charge is 2.22. The topological polar surface area (TPSA) is 58.0 Å². The van der Waals surface area contributed by atoms with E-state index in [1.54, 1.807) is 0 Å². The van der Waals surface area contributed by atoms with Crippen molar-refractivity contribution in [3.63, 3.8) is 0 Å². The molecule has 12 heavy (non-hydrogen) atoms. The van der Waals surface area contributed by atoms with Gasteiger partial charge in [-0.2, -0.15) is 10.2 Å². The Morgan fingerprint density at radius 2 is 2.00 bits per heavy atom. The lowest BCUT2D eigenvalue weighted by molar-refractivity contribution is 0.212. The first-order valence-corrected chi connectivity index (χ1v) is 3.96. The van der Waals surface area contributed by atoms with Crippen LogP contribution in [0.3, 0.4) is 0 Å². The molecule has 0 bridgehead atoms. The highest BCUT2D eigenvalue weighted by molar-refractivity contribution is 5.59. The van der Waals surface area contributed by atoms with Gasteiger partial charge in [-0.15, -0.1) is 0 Å². The van der Waals surface area contributed by atoms with Crippen molar-refractivity contribution in [2.45, 2.75) is 26.5 Å². The molecule has 4 nitrogen and oxygen atoms in total. The molecule has 0 aromatic carbocycles. The van der Waals surface area contributed by atoms with Crippen LogP contribution in [0.1, 0.15) is 17.0 Å². The molecule has 0 aliphatic carbocycles. The molecule has 1 aliphatic rings. The van der Waals surface area contributed by atoms with Crippen LogP contribution in [0.5, 0.6) is 0 Å². The van der Waals surface area contributed by atoms with Crippen LogP contribution in [0.4, 0.5) is 5.69 Å². The molecule has 0 saturated heterocycles. The number of anilines is 1. The first-order valence-electron chi connectivity index (χ1n) is 3.96. The summed E-state index contributed by atoms with van der Waals surface area (Å²) in [6, 6.07) is 0. The number of rotatable bonds is 0. The average Bonchev–Trinajstić information content (AvgIpc) is 2.41. The molecule has 64 valence electrons. The molecule has 1 aromatic heterocycles. The van der Waals surface area contributed by atoms with Crippen molar-refractivity contribution >= 4 is 5.69 Å². The van der Waals surface area contributed by atoms with Crippen molar-refractivity contribution in [1.82, 2.24) is 10.2 Å². The van der Waals surface area contributed by atoms with Crippen molar-refractivity contribution < 1.29 is 5.11 Å². The Morgan fingerprint density at radius 3 is 2.67 bits per heavy atom. The first kappa shape index (κ1) is 7.49. The van der Waals surface area contributed by atoms with E-state index in [0.29, 0.717) is 6.42 Å². The van der Waals surface area contributed by atoms with Crippen LogP contribution in [0.15, 0.2) is 0 Å². The van der Waals surface area contributed by atoms with Crippen LogP contribution in [-0.4, -0.2) is 21.5 Å². The maximum Gasteiger partial charge on any atom is 0.128 e. The lowest BCUT2D eigenvalue weighted by Crippen LogP contribution is -2.13. The van der Waals surface area contributed by atoms with Crippen molar-refractivity contribution in [2.75, 3.05) is 5.32 Å². The fraction of sp³-hybridized carbons (Fsp3) is 0.500. The molecule has 2 rings (SSSR count). The Labute approximate surface area is 70.6 Å². The van der Waals surface area contributed by atoms with E-state index in [9.17, 15) is 5.11 Å². The molecule has 2 N–H and O–H groups in total. The zero-order valence-corrected chi connectivity index (χ0v) is 7.13. The smallest absolute Gasteiger partial charge is 0.128 e. The van der Waals surface area contributed by atoms with E-state index in [1.807, 2.05) is 13.8 Å². The number of aryl methyl sites for hydroxylation is 2. The van der Waals surface area contributed by atoms with Crippen molar-refractivity contribution in [3.05, 3.63) is 17.0 Å². The number of aliphatic hydroxyl groups excluding tert-OH is 1. The zero-order valence-electron chi connectivity index (χ0n) is 7.13. The molecule has 0 spiro atoms. The van der Waals surface area contributed by atoms with Gasteiger partial charge >= 0.3 is 0 Å². The van der Waals surface area contributed by atoms with Crippen molar-refractivity contribution in [1.29, 1.82) is 0 Å². The molecule has 4 heteroatoms. The van der Waals surface area contributed by atoms with Gasteiger partial charge in [0.1, 0.15) is 6.23 Å². The molecular formula is C8H11N3O. The summed E-state index contributed by atoms with van der Waals surface area (Å²) in [5, 5.41) is 20.2. The van der Waals surface area contributed by atoms with Gasteiger partial charge in [-0.1, -0.05) is 0 Å². The van der Waals surface area contributed by atoms with E-state index in [1.165, 1.54) is 0 Å². The quantitative estimate of drug-likeness (QED) is 0.583. The summed E-state index contributed by atoms with van der Waals surface area (Å²) in [6.07, 6.45) is 0.167. The fourth-order valence-corrected chi connectivity index (χ4v) is 1.51. The molecule has 1 aliphatic heterocycles. The van der Waals surface area contributed by atoms with E-state index < -0.39 is 6.23 Å². The number of aliphatic hydroxyl groups is 1. The molecule has 0 fully saturated rings. The Bertz CT molecular complexity index is 293. The van der Waals surface area contributed by atoms with E-state index >= 15 is 0 Å². The summed E-state index contributed by atoms with van der Waals surface area (Å²) in [5.74, 6) is 0. The minimum absolute atomic E-state index is 0.469. The normalized spacial score (nSPS) is 20.4. The Morgan fingerprint density at radius 1 is 1.33 bits per heavy atom. The predicted octanol–water partition coefficient (Wildman–Crippen LogP) is 0.380. The second-order valence-electron chi connectivity index (χ2n) is 3.09. The molecular weight excluding hydrogens is 154 g/mol. The molecule has 0 amide bonds. The monoisotopic (exact) mass is 165 g/mol. The Kier molecular flexibility index (Phi) is 1.51. The van der Waals surface area contributed by atoms with Gasteiger partial charge < -0.3 is 10.4 Å². The SMILES string of the molecule is Cc1nnc(C)c2c1CC(O)N2. The summed E-state index contributed by atoms with van der Waals surface area (Å²) >= 11 is 0. The van der Waals surface area contributed by atoms with Gasteiger partial charge in [0.05, 0.1) is 17.1 Å². The summed E-state index contributed by atoms with van der Waals surface area (Å²) in [4.78, 5) is 0. The Hall–Kier alpha value is -1.16. The van der Waals surface area contributed by atoms with Crippen LogP contribution in [0.25, 0.3) is 0 Å². The maximum absolute atomic E-state index is 9.33. The highest BCUT2D eigenvalue weighted by atomic mass is 16.3. The van der Waals surface area contributed by atoms with E-state index in [2.05, 4.69) is 15.5 Å². The third-order valence-corrected chi connectivity index (χ3v) is 2.16. The number of hydrogen-bond donors (Lipinski definition) is 2. The molecule has 1 atom stereocenters. The van der Waals surface area contributed by atoms with Gasteiger partial charge in [-0.05, 0) is 13.8 Å². The lowest BCUT2D eigenvalue weighted by atomic mass is 10.1. The summed E-state index contributed by atoms with van der Waals surface area (Å²) in [7, 11) is 0. The number of hydrogen-bond acceptors (Lipinski definition) is 4. The second kappa shape index (κ2) is 2.42. The highest BCUT2D eigenvalue weighted by Crippen LogP contribution is 2.28. The number of nitrogens with zero attached hydrogens (tertiary/aromatic N) is 2. The maximum atomic E-state index is 9.33. The summed E-state index contributed by atoms with van der Waals surface area (Å²) in [6.45, 7) is 3.79. The fourth-order valence-electron chi connectivity index (χ4n) is 1.51. The van der Waals surface area contributed by atoms with Crippen molar-refractivity contribution in [2.24, 2.45) is 0 Å². The molecule has 2 heterocycles. The van der Waals surface area contributed by atoms with Gasteiger partial charge in [-0.25, -0.2) is 0 Å². The van der Waals surface area contributed by atoms with Crippen LogP contribution < -0.4 is 5.32 Å². The van der Waals surface area contributed by atoms with Gasteiger partial charge in [0, 0.05) is 12.0 Å². The van der Waals surface area contributed by atoms with Crippen molar-refractivity contribution in [3.8, 4) is 0 Å². The molecule has 0 saturated carbocycles. The lowest BCUT2D eigenvalue weighted by Gasteiger charge is -2.04. The van der Waals surface area contributed by atoms with Crippen LogP contribution in [0.2, 0.25) is 0 Å². The number of fused-ring (bicyclic) bond motifs is 1. The average molecular weight is 165 g/mol. The van der Waals surface area contributed by atoms with Crippen LogP contribution in [-0.2, 0) is 6.42 Å². The van der Waals surface area contributed by atoms with Gasteiger partial charge in [0.15, 0.2) is 0 Å². The second-order valence-corrected chi connectivity index (χ2v) is 3.09. The minimum atomic E-state index is -0.469. The largest absolute Gasteiger partial charge is 0.373 e. The van der Waals surface area contributed by atoms with Gasteiger partial charge in [-0.3, -0.25) is 0 Å². The summed E-state index contributed by atoms with van der Waals surface area (Å²) in [5.41, 5.74) is 3.80. The number of nitrogens with one attached hydrogen (secondary N) is 1. The zero-order chi connectivity index (χ0) is 8.72. The molecule has 1 aromatic rings. The minimum Gasteiger partial charge on any atom is -0.373 e. The third-order valence-electron chi connectivity index (χ3n) is 2.16.